The first kappa shape index (κ1) is 37.8. The van der Waals surface area contributed by atoms with Gasteiger partial charge in [0.05, 0.1) is 16.4 Å². The van der Waals surface area contributed by atoms with Crippen LogP contribution in [0.15, 0.2) is 120 Å². The molecule has 0 spiro atoms. The van der Waals surface area contributed by atoms with Gasteiger partial charge < -0.3 is 13.8 Å². The molecule has 7 aromatic carbocycles. The summed E-state index contributed by atoms with van der Waals surface area (Å²) in [6, 6.07) is 44.9. The Kier molecular flexibility index (Phi) is 7.23. The van der Waals surface area contributed by atoms with Crippen molar-refractivity contribution < 1.29 is 4.42 Å². The predicted octanol–water partition coefficient (Wildman–Crippen LogP) is 15.2. The second-order valence-electron chi connectivity index (χ2n) is 22.4. The fourth-order valence-electron chi connectivity index (χ4n) is 11.9. The summed E-state index contributed by atoms with van der Waals surface area (Å²) in [4.78, 5) is 2.75. The smallest absolute Gasteiger partial charge is 0.333 e. The molecule has 3 aliphatic rings. The molecule has 1 aliphatic carbocycles. The Morgan fingerprint density at radius 3 is 2.00 bits per heavy atom. The number of anilines is 2. The van der Waals surface area contributed by atoms with E-state index in [1.54, 1.807) is 0 Å². The van der Waals surface area contributed by atoms with E-state index in [9.17, 15) is 0 Å². The maximum Gasteiger partial charge on any atom is 0.333 e. The first-order chi connectivity index (χ1) is 30.0. The van der Waals surface area contributed by atoms with Crippen molar-refractivity contribution in [3.63, 3.8) is 0 Å². The number of benzene rings is 7. The lowest BCUT2D eigenvalue weighted by atomic mass is 9.43. The average molecular weight is 837 g/mol. The molecule has 0 bridgehead atoms. The van der Waals surface area contributed by atoms with Crippen molar-refractivity contribution in [2.24, 2.45) is 0 Å². The molecule has 63 heavy (non-hydrogen) atoms. The molecular weight excluding hydrogens is 784 g/mol. The van der Waals surface area contributed by atoms with Crippen LogP contribution < -0.4 is 15.7 Å². The van der Waals surface area contributed by atoms with Crippen LogP contribution >= 0.6 is 11.3 Å². The Balaban J connectivity index is 1.29. The maximum atomic E-state index is 7.27. The largest absolute Gasteiger partial charge is 0.455 e. The van der Waals surface area contributed by atoms with E-state index < -0.39 is 0 Å². The van der Waals surface area contributed by atoms with Crippen molar-refractivity contribution in [3.05, 3.63) is 138 Å². The maximum absolute atomic E-state index is 7.27. The second kappa shape index (κ2) is 12.1. The number of fused-ring (bicyclic) bond motifs is 17. The molecule has 0 N–H and O–H groups in total. The van der Waals surface area contributed by atoms with E-state index in [4.69, 9.17) is 4.42 Å². The number of furan rings is 1. The third kappa shape index (κ3) is 4.98. The molecule has 0 saturated heterocycles. The lowest BCUT2D eigenvalue weighted by molar-refractivity contribution is 0.332. The Bertz CT molecular complexity index is 3650. The zero-order chi connectivity index (χ0) is 43.3. The molecule has 0 unspecified atom stereocenters. The Morgan fingerprint density at radius 2 is 1.27 bits per heavy atom. The van der Waals surface area contributed by atoms with Gasteiger partial charge in [-0.3, -0.25) is 0 Å². The van der Waals surface area contributed by atoms with Crippen molar-refractivity contribution in [2.75, 3.05) is 4.81 Å². The van der Waals surface area contributed by atoms with Crippen molar-refractivity contribution in [2.45, 2.75) is 104 Å². The van der Waals surface area contributed by atoms with Crippen LogP contribution in [0.1, 0.15) is 104 Å². The van der Waals surface area contributed by atoms with Crippen LogP contribution in [0.25, 0.3) is 80.7 Å². The summed E-state index contributed by atoms with van der Waals surface area (Å²) in [5, 5.41) is 7.54. The Morgan fingerprint density at radius 1 is 0.603 bits per heavy atom. The molecule has 10 aromatic rings. The van der Waals surface area contributed by atoms with Crippen molar-refractivity contribution in [1.82, 2.24) is 4.57 Å². The van der Waals surface area contributed by atoms with E-state index >= 15 is 0 Å². The molecule has 13 rings (SSSR count). The first-order valence-corrected chi connectivity index (χ1v) is 23.8. The Labute approximate surface area is 374 Å². The number of nitrogens with zero attached hydrogens (tertiary/aromatic N) is 2. The summed E-state index contributed by atoms with van der Waals surface area (Å²) in [6.45, 7) is 23.7. The van der Waals surface area contributed by atoms with E-state index in [-0.39, 0.29) is 28.5 Å². The molecule has 0 amide bonds. The molecule has 0 fully saturated rings. The monoisotopic (exact) mass is 836 g/mol. The zero-order valence-corrected chi connectivity index (χ0v) is 39.0. The van der Waals surface area contributed by atoms with Gasteiger partial charge in [-0.25, -0.2) is 0 Å². The summed E-state index contributed by atoms with van der Waals surface area (Å²) in [5.41, 5.74) is 19.3. The third-order valence-electron chi connectivity index (χ3n) is 15.5. The molecule has 5 heterocycles. The summed E-state index contributed by atoms with van der Waals surface area (Å²) in [6.07, 6.45) is 2.32. The highest BCUT2D eigenvalue weighted by Gasteiger charge is 2.48. The molecule has 0 atom stereocenters. The normalized spacial score (nSPS) is 16.5. The van der Waals surface area contributed by atoms with Gasteiger partial charge in [0.25, 0.3) is 0 Å². The molecule has 310 valence electrons. The summed E-state index contributed by atoms with van der Waals surface area (Å²) in [7, 11) is 0. The fourth-order valence-corrected chi connectivity index (χ4v) is 13.1. The third-order valence-corrected chi connectivity index (χ3v) is 16.7. The molecular formula is C58H53BN2OS. The minimum absolute atomic E-state index is 0.0270. The Hall–Kier alpha value is -5.78. The van der Waals surface area contributed by atoms with Gasteiger partial charge in [0, 0.05) is 59.0 Å². The van der Waals surface area contributed by atoms with Crippen LogP contribution in [0.4, 0.5) is 11.4 Å². The van der Waals surface area contributed by atoms with Gasteiger partial charge in [-0.05, 0) is 134 Å². The van der Waals surface area contributed by atoms with Crippen LogP contribution in [0.2, 0.25) is 0 Å². The lowest BCUT2D eigenvalue weighted by Gasteiger charge is -2.46. The van der Waals surface area contributed by atoms with Gasteiger partial charge in [-0.1, -0.05) is 124 Å². The van der Waals surface area contributed by atoms with E-state index in [0.29, 0.717) is 0 Å². The number of hydrogen-bond acceptors (Lipinski definition) is 3. The number of aromatic nitrogens is 1. The van der Waals surface area contributed by atoms with E-state index in [2.05, 4.69) is 194 Å². The topological polar surface area (TPSA) is 21.3 Å². The number of para-hydroxylation sites is 1. The molecule has 0 saturated carbocycles. The highest BCUT2D eigenvalue weighted by Crippen LogP contribution is 2.56. The average Bonchev–Trinajstić information content (AvgIpc) is 3.92. The standard InChI is InChI=1S/C58H53BN2OS/c1-55(2,3)32-19-22-34(23-20-32)61-44-30-41-40(57(7,8)25-26-58(41,9)10)28-39(44)49-50-36-16-11-13-17-46(36)62-54(50)51-38-27-33(56(4,5)6)21-24-43(38)60-45-29-37-35-15-12-14-18-47(35)63-48(37)31-42(45)59(61)52(49)53(51)60/h11-24,27-31H,25-26H2,1-10H3. The van der Waals surface area contributed by atoms with Gasteiger partial charge in [0.15, 0.2) is 0 Å². The van der Waals surface area contributed by atoms with Gasteiger partial charge in [0.1, 0.15) is 11.2 Å². The van der Waals surface area contributed by atoms with Crippen LogP contribution in [0.3, 0.4) is 0 Å². The van der Waals surface area contributed by atoms with Gasteiger partial charge in [-0.2, -0.15) is 0 Å². The minimum Gasteiger partial charge on any atom is -0.455 e. The SMILES string of the molecule is CC(C)(C)c1ccc(N2B3c4cc5sc6ccccc6c5cc4-n4c5ccc(C(C)(C)C)cc5c5c6oc7ccccc7c6c(c3c54)-c3cc4c(cc32)C(C)(C)CCC4(C)C)cc1. The van der Waals surface area contributed by atoms with Crippen LogP contribution in [0.5, 0.6) is 0 Å². The molecule has 2 aliphatic heterocycles. The highest BCUT2D eigenvalue weighted by atomic mass is 32.1. The molecule has 3 nitrogen and oxygen atoms in total. The quantitative estimate of drug-likeness (QED) is 0.154. The summed E-state index contributed by atoms with van der Waals surface area (Å²) in [5.74, 6) is 0. The number of thiophene rings is 1. The number of hydrogen-bond donors (Lipinski definition) is 0. The van der Waals surface area contributed by atoms with E-state index in [1.165, 1.54) is 114 Å². The molecule has 5 heteroatoms. The minimum atomic E-state index is -0.102. The van der Waals surface area contributed by atoms with Gasteiger partial charge in [-0.15, -0.1) is 11.3 Å². The second-order valence-corrected chi connectivity index (χ2v) is 23.5. The molecule has 0 radical (unpaired) electrons. The van der Waals surface area contributed by atoms with Gasteiger partial charge >= 0.3 is 6.85 Å². The fraction of sp³-hybridized carbons (Fsp3) is 0.276. The summed E-state index contributed by atoms with van der Waals surface area (Å²) >= 11 is 1.92. The predicted molar refractivity (Wildman–Crippen MR) is 273 cm³/mol. The van der Waals surface area contributed by atoms with Gasteiger partial charge in [0.2, 0.25) is 0 Å². The van der Waals surface area contributed by atoms with Crippen LogP contribution in [-0.4, -0.2) is 11.4 Å². The first-order valence-electron chi connectivity index (χ1n) is 23.0. The van der Waals surface area contributed by atoms with Crippen molar-refractivity contribution in [3.8, 4) is 16.8 Å². The van der Waals surface area contributed by atoms with E-state index in [0.717, 1.165) is 24.0 Å². The van der Waals surface area contributed by atoms with Crippen LogP contribution in [0, 0.1) is 0 Å². The molecule has 3 aromatic heterocycles. The van der Waals surface area contributed by atoms with Crippen molar-refractivity contribution in [1.29, 1.82) is 0 Å². The zero-order valence-electron chi connectivity index (χ0n) is 38.2. The van der Waals surface area contributed by atoms with Crippen LogP contribution in [-0.2, 0) is 21.7 Å². The lowest BCUT2D eigenvalue weighted by Crippen LogP contribution is -2.60. The van der Waals surface area contributed by atoms with Crippen molar-refractivity contribution >= 4 is 104 Å². The highest BCUT2D eigenvalue weighted by molar-refractivity contribution is 7.26. The number of rotatable bonds is 1. The summed E-state index contributed by atoms with van der Waals surface area (Å²) < 4.78 is 12.6. The van der Waals surface area contributed by atoms with E-state index in [1.807, 2.05) is 11.3 Å².